The minimum atomic E-state index is -3.45. The zero-order valence-electron chi connectivity index (χ0n) is 16.6. The lowest BCUT2D eigenvalue weighted by Crippen LogP contribution is -2.13. The van der Waals surface area contributed by atoms with Gasteiger partial charge < -0.3 is 18.6 Å². The Morgan fingerprint density at radius 2 is 1.67 bits per heavy atom. The van der Waals surface area contributed by atoms with Crippen molar-refractivity contribution < 1.29 is 31.8 Å². The maximum absolute atomic E-state index is 12.4. The van der Waals surface area contributed by atoms with E-state index in [1.165, 1.54) is 45.6 Å². The Bertz CT molecular complexity index is 1160. The standard InChI is InChI=1S/C19H19N3O7S/c1-26-14-9-12(10-15(27-2)16(14)28-3)18-21-22-19(29-18)20-17(23)11-6-5-7-13(8-11)30(4,24)25/h5-10H,1-4H3,(H,20,22,23). The molecule has 1 N–H and O–H groups in total. The SMILES string of the molecule is COc1cc(-c2nnc(NC(=O)c3cccc(S(C)(=O)=O)c3)o2)cc(OC)c1OC. The Balaban J connectivity index is 1.86. The van der Waals surface area contributed by atoms with E-state index in [0.717, 1.165) is 6.26 Å². The predicted molar refractivity (Wildman–Crippen MR) is 107 cm³/mol. The van der Waals surface area contributed by atoms with Crippen LogP contribution in [0.15, 0.2) is 45.7 Å². The number of hydrogen-bond donors (Lipinski definition) is 1. The van der Waals surface area contributed by atoms with E-state index in [4.69, 9.17) is 18.6 Å². The van der Waals surface area contributed by atoms with E-state index < -0.39 is 15.7 Å². The Morgan fingerprint density at radius 3 is 2.23 bits per heavy atom. The van der Waals surface area contributed by atoms with Gasteiger partial charge in [-0.2, -0.15) is 0 Å². The highest BCUT2D eigenvalue weighted by atomic mass is 32.2. The number of nitrogens with zero attached hydrogens (tertiary/aromatic N) is 2. The summed E-state index contributed by atoms with van der Waals surface area (Å²) in [4.78, 5) is 12.5. The molecule has 11 heteroatoms. The number of ether oxygens (including phenoxy) is 3. The van der Waals surface area contributed by atoms with Crippen LogP contribution in [0.4, 0.5) is 6.01 Å². The van der Waals surface area contributed by atoms with Crippen LogP contribution in [0.25, 0.3) is 11.5 Å². The fraction of sp³-hybridized carbons (Fsp3) is 0.211. The van der Waals surface area contributed by atoms with E-state index in [9.17, 15) is 13.2 Å². The van der Waals surface area contributed by atoms with Crippen molar-refractivity contribution in [2.75, 3.05) is 32.9 Å². The number of carbonyl (C=O) groups excluding carboxylic acids is 1. The molecule has 3 rings (SSSR count). The van der Waals surface area contributed by atoms with E-state index in [0.29, 0.717) is 22.8 Å². The van der Waals surface area contributed by atoms with Gasteiger partial charge in [-0.3, -0.25) is 10.1 Å². The van der Waals surface area contributed by atoms with Gasteiger partial charge in [0.05, 0.1) is 26.2 Å². The molecule has 3 aromatic rings. The Hall–Kier alpha value is -3.60. The molecule has 158 valence electrons. The first-order valence-electron chi connectivity index (χ1n) is 8.52. The number of rotatable bonds is 7. The molecule has 1 heterocycles. The molecule has 0 aliphatic carbocycles. The average molecular weight is 433 g/mol. The summed E-state index contributed by atoms with van der Waals surface area (Å²) < 4.78 is 44.7. The molecule has 0 atom stereocenters. The maximum atomic E-state index is 12.4. The van der Waals surface area contributed by atoms with Gasteiger partial charge in [0.1, 0.15) is 0 Å². The molecular formula is C19H19N3O7S. The first kappa shape index (κ1) is 21.1. The van der Waals surface area contributed by atoms with Crippen LogP contribution in [0.1, 0.15) is 10.4 Å². The molecule has 0 aliphatic heterocycles. The van der Waals surface area contributed by atoms with E-state index >= 15 is 0 Å². The van der Waals surface area contributed by atoms with Crippen LogP contribution in [-0.4, -0.2) is 52.1 Å². The zero-order valence-corrected chi connectivity index (χ0v) is 17.4. The van der Waals surface area contributed by atoms with Gasteiger partial charge in [-0.05, 0) is 30.3 Å². The van der Waals surface area contributed by atoms with Gasteiger partial charge in [0.25, 0.3) is 5.91 Å². The minimum Gasteiger partial charge on any atom is -0.493 e. The summed E-state index contributed by atoms with van der Waals surface area (Å²) in [6.45, 7) is 0. The molecule has 10 nitrogen and oxygen atoms in total. The number of benzene rings is 2. The van der Waals surface area contributed by atoms with E-state index in [-0.39, 0.29) is 22.4 Å². The van der Waals surface area contributed by atoms with Crippen LogP contribution in [0.2, 0.25) is 0 Å². The van der Waals surface area contributed by atoms with Crippen LogP contribution >= 0.6 is 0 Å². The number of nitrogens with one attached hydrogen (secondary N) is 1. The van der Waals surface area contributed by atoms with Gasteiger partial charge in [0.2, 0.25) is 11.6 Å². The van der Waals surface area contributed by atoms with Crippen molar-refractivity contribution in [2.24, 2.45) is 0 Å². The molecule has 0 saturated heterocycles. The van der Waals surface area contributed by atoms with Gasteiger partial charge in [-0.25, -0.2) is 8.42 Å². The second-order valence-electron chi connectivity index (χ2n) is 6.08. The predicted octanol–water partition coefficient (Wildman–Crippen LogP) is 2.42. The number of anilines is 1. The molecule has 0 spiro atoms. The first-order chi connectivity index (χ1) is 14.3. The van der Waals surface area contributed by atoms with Crippen LogP contribution < -0.4 is 19.5 Å². The highest BCUT2D eigenvalue weighted by Crippen LogP contribution is 2.41. The third-order valence-electron chi connectivity index (χ3n) is 4.08. The Labute approximate surface area is 172 Å². The first-order valence-corrected chi connectivity index (χ1v) is 10.4. The largest absolute Gasteiger partial charge is 0.493 e. The summed E-state index contributed by atoms with van der Waals surface area (Å²) in [5, 5.41) is 10.2. The van der Waals surface area contributed by atoms with Crippen LogP contribution in [0.5, 0.6) is 17.2 Å². The van der Waals surface area contributed by atoms with Gasteiger partial charge in [-0.15, -0.1) is 5.10 Å². The lowest BCUT2D eigenvalue weighted by atomic mass is 10.2. The number of methoxy groups -OCH3 is 3. The van der Waals surface area contributed by atoms with Crippen LogP contribution in [-0.2, 0) is 9.84 Å². The molecule has 0 aliphatic rings. The second kappa shape index (κ2) is 8.41. The fourth-order valence-electron chi connectivity index (χ4n) is 2.63. The van der Waals surface area contributed by atoms with Gasteiger partial charge >= 0.3 is 6.01 Å². The molecule has 30 heavy (non-hydrogen) atoms. The molecular weight excluding hydrogens is 414 g/mol. The quantitative estimate of drug-likeness (QED) is 0.597. The van der Waals surface area contributed by atoms with Crippen molar-refractivity contribution >= 4 is 21.8 Å². The van der Waals surface area contributed by atoms with Crippen molar-refractivity contribution in [2.45, 2.75) is 4.90 Å². The summed E-state index contributed by atoms with van der Waals surface area (Å²) in [6, 6.07) is 8.70. The average Bonchev–Trinajstić information content (AvgIpc) is 3.20. The van der Waals surface area contributed by atoms with Crippen molar-refractivity contribution in [3.8, 4) is 28.7 Å². The Morgan fingerprint density at radius 1 is 1.00 bits per heavy atom. The summed E-state index contributed by atoms with van der Waals surface area (Å²) >= 11 is 0. The lowest BCUT2D eigenvalue weighted by molar-refractivity contribution is 0.102. The molecule has 2 aromatic carbocycles. The summed E-state index contributed by atoms with van der Waals surface area (Å²) in [7, 11) is 0.992. The molecule has 0 saturated carbocycles. The number of amides is 1. The molecule has 1 aromatic heterocycles. The van der Waals surface area contributed by atoms with Gasteiger partial charge in [0.15, 0.2) is 21.3 Å². The van der Waals surface area contributed by atoms with Crippen molar-refractivity contribution in [3.63, 3.8) is 0 Å². The molecule has 0 fully saturated rings. The number of carbonyl (C=O) groups is 1. The third kappa shape index (κ3) is 4.35. The second-order valence-corrected chi connectivity index (χ2v) is 8.10. The van der Waals surface area contributed by atoms with Crippen LogP contribution in [0, 0.1) is 0 Å². The third-order valence-corrected chi connectivity index (χ3v) is 5.19. The number of aromatic nitrogens is 2. The van der Waals surface area contributed by atoms with E-state index in [1.54, 1.807) is 12.1 Å². The highest BCUT2D eigenvalue weighted by molar-refractivity contribution is 7.90. The summed E-state index contributed by atoms with van der Waals surface area (Å²) in [6.07, 6.45) is 1.06. The van der Waals surface area contributed by atoms with Crippen molar-refractivity contribution in [1.29, 1.82) is 0 Å². The number of sulfone groups is 1. The van der Waals surface area contributed by atoms with Crippen molar-refractivity contribution in [3.05, 3.63) is 42.0 Å². The minimum absolute atomic E-state index is 0.0267. The van der Waals surface area contributed by atoms with E-state index in [2.05, 4.69) is 15.5 Å². The smallest absolute Gasteiger partial charge is 0.322 e. The monoisotopic (exact) mass is 433 g/mol. The topological polar surface area (TPSA) is 130 Å². The van der Waals surface area contributed by atoms with Crippen molar-refractivity contribution in [1.82, 2.24) is 10.2 Å². The molecule has 1 amide bonds. The summed E-state index contributed by atoms with van der Waals surface area (Å²) in [5.74, 6) is 0.707. The molecule has 0 bridgehead atoms. The normalized spacial score (nSPS) is 11.1. The van der Waals surface area contributed by atoms with Crippen LogP contribution in [0.3, 0.4) is 0 Å². The number of hydrogen-bond acceptors (Lipinski definition) is 9. The van der Waals surface area contributed by atoms with Gasteiger partial charge in [-0.1, -0.05) is 11.2 Å². The Kier molecular flexibility index (Phi) is 5.92. The highest BCUT2D eigenvalue weighted by Gasteiger charge is 2.19. The molecule has 0 unspecified atom stereocenters. The maximum Gasteiger partial charge on any atom is 0.322 e. The fourth-order valence-corrected chi connectivity index (χ4v) is 3.30. The lowest BCUT2D eigenvalue weighted by Gasteiger charge is -2.12. The zero-order chi connectivity index (χ0) is 21.9. The van der Waals surface area contributed by atoms with E-state index in [1.807, 2.05) is 0 Å². The van der Waals surface area contributed by atoms with Gasteiger partial charge in [0, 0.05) is 17.4 Å². The summed E-state index contributed by atoms with van der Waals surface area (Å²) in [5.41, 5.74) is 0.613. The molecule has 0 radical (unpaired) electrons.